The smallest absolute Gasteiger partial charge is 0.326 e. The van der Waals surface area contributed by atoms with Crippen LogP contribution in [0.2, 0.25) is 0 Å². The zero-order valence-corrected chi connectivity index (χ0v) is 13.6. The molecule has 6 heteroatoms. The minimum absolute atomic E-state index is 0.0761. The average Bonchev–Trinajstić information content (AvgIpc) is 2.50. The number of hydrogen-bond donors (Lipinski definition) is 2. The van der Waals surface area contributed by atoms with E-state index in [1.807, 2.05) is 13.8 Å². The Hall–Kier alpha value is -1.30. The molecule has 1 saturated heterocycles. The van der Waals surface area contributed by atoms with Crippen LogP contribution < -0.4 is 5.32 Å². The molecule has 0 aliphatic carbocycles. The minimum atomic E-state index is -0.962. The molecule has 1 aliphatic rings. The molecule has 3 atom stereocenters. The third kappa shape index (κ3) is 4.88. The van der Waals surface area contributed by atoms with Gasteiger partial charge in [0.2, 0.25) is 0 Å². The van der Waals surface area contributed by atoms with Gasteiger partial charge in [-0.25, -0.2) is 9.59 Å². The zero-order chi connectivity index (χ0) is 16.0. The maximum absolute atomic E-state index is 12.2. The Bertz CT molecular complexity index is 354. The second-order valence-corrected chi connectivity index (χ2v) is 5.93. The highest BCUT2D eigenvalue weighted by Gasteiger charge is 2.29. The lowest BCUT2D eigenvalue weighted by Gasteiger charge is -2.38. The van der Waals surface area contributed by atoms with Crippen molar-refractivity contribution < 1.29 is 14.7 Å². The number of nitrogens with one attached hydrogen (secondary N) is 1. The average molecular weight is 299 g/mol. The molecule has 0 aromatic carbocycles. The van der Waals surface area contributed by atoms with E-state index in [0.29, 0.717) is 19.1 Å². The summed E-state index contributed by atoms with van der Waals surface area (Å²) in [5, 5.41) is 11.9. The summed E-state index contributed by atoms with van der Waals surface area (Å²) in [4.78, 5) is 27.6. The monoisotopic (exact) mass is 299 g/mol. The predicted molar refractivity (Wildman–Crippen MR) is 82.3 cm³/mol. The molecule has 0 aromatic rings. The van der Waals surface area contributed by atoms with Gasteiger partial charge in [0.1, 0.15) is 6.04 Å². The van der Waals surface area contributed by atoms with Crippen molar-refractivity contribution in [3.63, 3.8) is 0 Å². The fourth-order valence-corrected chi connectivity index (χ4v) is 2.53. The fourth-order valence-electron chi connectivity index (χ4n) is 2.53. The number of aliphatic carboxylic acids is 1. The summed E-state index contributed by atoms with van der Waals surface area (Å²) in [6.07, 6.45) is 1.82. The van der Waals surface area contributed by atoms with Gasteiger partial charge in [-0.15, -0.1) is 0 Å². The first kappa shape index (κ1) is 17.8. The van der Waals surface area contributed by atoms with Gasteiger partial charge in [-0.1, -0.05) is 27.2 Å². The highest BCUT2D eigenvalue weighted by Crippen LogP contribution is 2.11. The van der Waals surface area contributed by atoms with Crippen molar-refractivity contribution in [1.29, 1.82) is 0 Å². The first-order valence-corrected chi connectivity index (χ1v) is 7.92. The SMILES string of the molecule is CCC(C)N1CCN(C(=O)N[C@H](C(=O)O)[C@@H](C)CC)CC1. The largest absolute Gasteiger partial charge is 0.480 e. The molecule has 1 rings (SSSR count). The molecule has 0 bridgehead atoms. The van der Waals surface area contributed by atoms with Gasteiger partial charge in [-0.05, 0) is 19.3 Å². The van der Waals surface area contributed by atoms with Crippen LogP contribution in [0.15, 0.2) is 0 Å². The lowest BCUT2D eigenvalue weighted by Crippen LogP contribution is -2.56. The van der Waals surface area contributed by atoms with Crippen LogP contribution in [-0.4, -0.2) is 65.2 Å². The van der Waals surface area contributed by atoms with Crippen molar-refractivity contribution in [3.05, 3.63) is 0 Å². The van der Waals surface area contributed by atoms with Crippen molar-refractivity contribution in [2.45, 2.75) is 52.6 Å². The Kier molecular flexibility index (Phi) is 6.95. The van der Waals surface area contributed by atoms with Crippen LogP contribution in [0.4, 0.5) is 4.79 Å². The van der Waals surface area contributed by atoms with Crippen LogP contribution in [0.3, 0.4) is 0 Å². The standard InChI is InChI=1S/C15H29N3O3/c1-5-11(3)13(14(19)20)16-15(21)18-9-7-17(8-10-18)12(4)6-2/h11-13H,5-10H2,1-4H3,(H,16,21)(H,19,20)/t11-,12?,13-/m0/s1. The van der Waals surface area contributed by atoms with Crippen LogP contribution >= 0.6 is 0 Å². The van der Waals surface area contributed by atoms with Crippen molar-refractivity contribution in [2.24, 2.45) is 5.92 Å². The van der Waals surface area contributed by atoms with Crippen LogP contribution in [0.25, 0.3) is 0 Å². The predicted octanol–water partition coefficient (Wildman–Crippen LogP) is 1.61. The molecule has 0 aromatic heterocycles. The van der Waals surface area contributed by atoms with Gasteiger partial charge < -0.3 is 15.3 Å². The number of amides is 2. The highest BCUT2D eigenvalue weighted by molar-refractivity contribution is 5.82. The number of carboxylic acids is 1. The Morgan fingerprint density at radius 3 is 2.10 bits per heavy atom. The fraction of sp³-hybridized carbons (Fsp3) is 0.867. The topological polar surface area (TPSA) is 72.9 Å². The van der Waals surface area contributed by atoms with Crippen LogP contribution in [-0.2, 0) is 4.79 Å². The molecule has 6 nitrogen and oxygen atoms in total. The second-order valence-electron chi connectivity index (χ2n) is 5.93. The molecule has 0 spiro atoms. The summed E-state index contributed by atoms with van der Waals surface area (Å²) in [5.41, 5.74) is 0. The normalized spacial score (nSPS) is 20.7. The van der Waals surface area contributed by atoms with E-state index in [4.69, 9.17) is 0 Å². The summed E-state index contributed by atoms with van der Waals surface area (Å²) < 4.78 is 0. The molecule has 1 heterocycles. The first-order chi connectivity index (χ1) is 9.90. The Balaban J connectivity index is 2.51. The molecule has 2 N–H and O–H groups in total. The van der Waals surface area contributed by atoms with Gasteiger partial charge in [-0.2, -0.15) is 0 Å². The lowest BCUT2D eigenvalue weighted by atomic mass is 9.99. The van der Waals surface area contributed by atoms with Gasteiger partial charge in [0.25, 0.3) is 0 Å². The number of rotatable bonds is 6. The maximum atomic E-state index is 12.2. The second kappa shape index (κ2) is 8.22. The van der Waals surface area contributed by atoms with Gasteiger partial charge in [-0.3, -0.25) is 4.90 Å². The molecule has 122 valence electrons. The summed E-state index contributed by atoms with van der Waals surface area (Å²) in [5.74, 6) is -1.04. The number of carboxylic acid groups (broad SMARTS) is 1. The molecule has 1 fully saturated rings. The molecular weight excluding hydrogens is 270 g/mol. The van der Waals surface area contributed by atoms with Gasteiger partial charge in [0.15, 0.2) is 0 Å². The molecule has 1 unspecified atom stereocenters. The number of nitrogens with zero attached hydrogens (tertiary/aromatic N) is 2. The summed E-state index contributed by atoms with van der Waals surface area (Å²) >= 11 is 0. The van der Waals surface area contributed by atoms with E-state index in [1.165, 1.54) is 0 Å². The molecule has 21 heavy (non-hydrogen) atoms. The molecular formula is C15H29N3O3. The van der Waals surface area contributed by atoms with Crippen LogP contribution in [0, 0.1) is 5.92 Å². The highest BCUT2D eigenvalue weighted by atomic mass is 16.4. The zero-order valence-electron chi connectivity index (χ0n) is 13.6. The number of hydrogen-bond acceptors (Lipinski definition) is 3. The number of piperazine rings is 1. The van der Waals surface area contributed by atoms with Crippen LogP contribution in [0.1, 0.15) is 40.5 Å². The first-order valence-electron chi connectivity index (χ1n) is 7.92. The maximum Gasteiger partial charge on any atom is 0.326 e. The minimum Gasteiger partial charge on any atom is -0.480 e. The van der Waals surface area contributed by atoms with Gasteiger partial charge in [0, 0.05) is 32.2 Å². The van der Waals surface area contributed by atoms with E-state index in [2.05, 4.69) is 24.1 Å². The Labute approximate surface area is 127 Å². The Morgan fingerprint density at radius 2 is 1.67 bits per heavy atom. The van der Waals surface area contributed by atoms with E-state index >= 15 is 0 Å². The molecule has 1 aliphatic heterocycles. The van der Waals surface area contributed by atoms with Crippen molar-refractivity contribution >= 4 is 12.0 Å². The van der Waals surface area contributed by atoms with E-state index in [0.717, 1.165) is 25.9 Å². The van der Waals surface area contributed by atoms with E-state index in [9.17, 15) is 14.7 Å². The molecule has 0 radical (unpaired) electrons. The number of carbonyl (C=O) groups excluding carboxylic acids is 1. The summed E-state index contributed by atoms with van der Waals surface area (Å²) in [7, 11) is 0. The lowest BCUT2D eigenvalue weighted by molar-refractivity contribution is -0.140. The number of urea groups is 1. The van der Waals surface area contributed by atoms with Crippen molar-refractivity contribution in [3.8, 4) is 0 Å². The van der Waals surface area contributed by atoms with E-state index in [1.54, 1.807) is 4.90 Å². The molecule has 2 amide bonds. The summed E-state index contributed by atoms with van der Waals surface area (Å²) in [6, 6.07) is -0.538. The summed E-state index contributed by atoms with van der Waals surface area (Å²) in [6.45, 7) is 11.1. The van der Waals surface area contributed by atoms with E-state index < -0.39 is 12.0 Å². The van der Waals surface area contributed by atoms with Gasteiger partial charge in [0.05, 0.1) is 0 Å². The number of carbonyl (C=O) groups is 2. The third-order valence-corrected chi connectivity index (χ3v) is 4.57. The third-order valence-electron chi connectivity index (χ3n) is 4.57. The van der Waals surface area contributed by atoms with Gasteiger partial charge >= 0.3 is 12.0 Å². The quantitative estimate of drug-likeness (QED) is 0.781. The van der Waals surface area contributed by atoms with E-state index in [-0.39, 0.29) is 11.9 Å². The van der Waals surface area contributed by atoms with Crippen LogP contribution in [0.5, 0.6) is 0 Å². The molecule has 0 saturated carbocycles. The van der Waals surface area contributed by atoms with Crippen molar-refractivity contribution in [1.82, 2.24) is 15.1 Å². The Morgan fingerprint density at radius 1 is 1.10 bits per heavy atom. The van der Waals surface area contributed by atoms with Crippen molar-refractivity contribution in [2.75, 3.05) is 26.2 Å².